The minimum Gasteiger partial charge on any atom is -0.497 e. The topological polar surface area (TPSA) is 69.9 Å². The van der Waals surface area contributed by atoms with Crippen molar-refractivity contribution >= 4 is 0 Å². The van der Waals surface area contributed by atoms with Crippen LogP contribution >= 0.6 is 0 Å². The zero-order valence-corrected chi connectivity index (χ0v) is 16.9. The summed E-state index contributed by atoms with van der Waals surface area (Å²) in [6, 6.07) is 13.7. The van der Waals surface area contributed by atoms with E-state index in [1.165, 1.54) is 0 Å². The number of likely N-dealkylation sites (tertiary alicyclic amines) is 1. The van der Waals surface area contributed by atoms with Gasteiger partial charge in [-0.05, 0) is 61.9 Å². The minimum atomic E-state index is 0.225. The van der Waals surface area contributed by atoms with Gasteiger partial charge in [0.25, 0.3) is 5.89 Å². The fourth-order valence-corrected chi connectivity index (χ4v) is 3.82. The van der Waals surface area contributed by atoms with Crippen LogP contribution in [-0.2, 0) is 6.54 Å². The molecule has 1 aliphatic rings. The van der Waals surface area contributed by atoms with E-state index >= 15 is 0 Å². The van der Waals surface area contributed by atoms with Gasteiger partial charge in [-0.2, -0.15) is 4.98 Å². The van der Waals surface area contributed by atoms with E-state index in [-0.39, 0.29) is 6.04 Å². The van der Waals surface area contributed by atoms with Gasteiger partial charge >= 0.3 is 0 Å². The van der Waals surface area contributed by atoms with Crippen molar-refractivity contribution in [3.05, 3.63) is 53.9 Å². The lowest BCUT2D eigenvalue weighted by molar-refractivity contribution is 0.233. The Morgan fingerprint density at radius 1 is 1.00 bits per heavy atom. The smallest absolute Gasteiger partial charge is 0.257 e. The summed E-state index contributed by atoms with van der Waals surface area (Å²) in [5.41, 5.74) is 2.00. The molecule has 0 bridgehead atoms. The Morgan fingerprint density at radius 2 is 1.76 bits per heavy atom. The normalized spacial score (nSPS) is 16.7. The maximum atomic E-state index is 5.59. The Labute approximate surface area is 170 Å². The molecule has 152 valence electrons. The molecule has 1 fully saturated rings. The molecule has 7 nitrogen and oxygen atoms in total. The van der Waals surface area contributed by atoms with Crippen molar-refractivity contribution in [3.63, 3.8) is 0 Å². The summed E-state index contributed by atoms with van der Waals surface area (Å²) in [4.78, 5) is 6.95. The molecular weight excluding hydrogens is 370 g/mol. The second-order valence-electron chi connectivity index (χ2n) is 6.98. The summed E-state index contributed by atoms with van der Waals surface area (Å²) >= 11 is 0. The van der Waals surface area contributed by atoms with Gasteiger partial charge in [0, 0.05) is 17.2 Å². The highest BCUT2D eigenvalue weighted by molar-refractivity contribution is 5.54. The molecule has 0 spiro atoms. The lowest BCUT2D eigenvalue weighted by atomic mass is 10.0. The Bertz CT molecular complexity index is 955. The highest BCUT2D eigenvalue weighted by atomic mass is 16.5. The Kier molecular flexibility index (Phi) is 5.67. The number of rotatable bonds is 7. The van der Waals surface area contributed by atoms with Crippen LogP contribution in [0.15, 0.2) is 47.0 Å². The van der Waals surface area contributed by atoms with Crippen LogP contribution in [0.2, 0.25) is 0 Å². The van der Waals surface area contributed by atoms with E-state index in [0.29, 0.717) is 18.3 Å². The van der Waals surface area contributed by atoms with Crippen LogP contribution in [0, 0.1) is 0 Å². The van der Waals surface area contributed by atoms with Gasteiger partial charge in [-0.25, -0.2) is 0 Å². The Hall–Kier alpha value is -3.06. The lowest BCUT2D eigenvalue weighted by Gasteiger charge is -2.25. The van der Waals surface area contributed by atoms with Crippen molar-refractivity contribution in [1.29, 1.82) is 0 Å². The van der Waals surface area contributed by atoms with E-state index in [1.54, 1.807) is 21.3 Å². The van der Waals surface area contributed by atoms with E-state index in [0.717, 1.165) is 47.8 Å². The minimum absolute atomic E-state index is 0.225. The van der Waals surface area contributed by atoms with Crippen LogP contribution in [0.25, 0.3) is 11.5 Å². The van der Waals surface area contributed by atoms with Gasteiger partial charge in [0.1, 0.15) is 17.2 Å². The van der Waals surface area contributed by atoms with Crippen LogP contribution in [-0.4, -0.2) is 42.9 Å². The summed E-state index contributed by atoms with van der Waals surface area (Å²) in [5.74, 6) is 3.67. The second-order valence-corrected chi connectivity index (χ2v) is 6.98. The predicted molar refractivity (Wildman–Crippen MR) is 108 cm³/mol. The van der Waals surface area contributed by atoms with Gasteiger partial charge < -0.3 is 18.7 Å². The predicted octanol–water partition coefficient (Wildman–Crippen LogP) is 4.10. The monoisotopic (exact) mass is 395 g/mol. The first-order chi connectivity index (χ1) is 14.2. The molecule has 0 saturated carbocycles. The second kappa shape index (κ2) is 8.53. The molecule has 3 aromatic rings. The van der Waals surface area contributed by atoms with Gasteiger partial charge in [-0.3, -0.25) is 4.90 Å². The first kappa shape index (κ1) is 19.3. The first-order valence-electron chi connectivity index (χ1n) is 9.65. The Morgan fingerprint density at radius 3 is 2.48 bits per heavy atom. The van der Waals surface area contributed by atoms with E-state index < -0.39 is 0 Å². The van der Waals surface area contributed by atoms with Crippen molar-refractivity contribution in [3.8, 4) is 28.7 Å². The molecule has 0 radical (unpaired) electrons. The van der Waals surface area contributed by atoms with Gasteiger partial charge in [0.05, 0.1) is 27.9 Å². The standard InChI is InChI=1S/C22H25N3O4/c1-26-16-8-6-15(7-9-16)22-23-21(24-29-22)14-25-12-4-5-19(25)18-13-17(27-2)10-11-20(18)28-3/h6-11,13,19H,4-5,12,14H2,1-3H3. The molecule has 2 heterocycles. The molecule has 1 saturated heterocycles. The van der Waals surface area contributed by atoms with E-state index in [1.807, 2.05) is 36.4 Å². The number of aromatic nitrogens is 2. The fraction of sp³-hybridized carbons (Fsp3) is 0.364. The van der Waals surface area contributed by atoms with Crippen molar-refractivity contribution in [1.82, 2.24) is 15.0 Å². The molecule has 2 aromatic carbocycles. The molecule has 0 aliphatic carbocycles. The number of nitrogens with zero attached hydrogens (tertiary/aromatic N) is 3. The third-order valence-electron chi connectivity index (χ3n) is 5.31. The maximum absolute atomic E-state index is 5.59. The zero-order valence-electron chi connectivity index (χ0n) is 16.9. The third kappa shape index (κ3) is 4.05. The summed E-state index contributed by atoms with van der Waals surface area (Å²) in [6.07, 6.45) is 2.15. The average Bonchev–Trinajstić information content (AvgIpc) is 3.43. The van der Waals surface area contributed by atoms with Gasteiger partial charge in [0.2, 0.25) is 0 Å². The van der Waals surface area contributed by atoms with Crippen molar-refractivity contribution < 1.29 is 18.7 Å². The highest BCUT2D eigenvalue weighted by Gasteiger charge is 2.30. The van der Waals surface area contributed by atoms with E-state index in [4.69, 9.17) is 18.7 Å². The zero-order chi connectivity index (χ0) is 20.2. The van der Waals surface area contributed by atoms with E-state index in [2.05, 4.69) is 21.1 Å². The molecular formula is C22H25N3O4. The number of methoxy groups -OCH3 is 3. The number of hydrogen-bond donors (Lipinski definition) is 0. The molecule has 7 heteroatoms. The first-order valence-corrected chi connectivity index (χ1v) is 9.65. The lowest BCUT2D eigenvalue weighted by Crippen LogP contribution is -2.23. The van der Waals surface area contributed by atoms with Crippen LogP contribution in [0.5, 0.6) is 17.2 Å². The molecule has 0 N–H and O–H groups in total. The molecule has 1 aromatic heterocycles. The van der Waals surface area contributed by atoms with Crippen LogP contribution in [0.4, 0.5) is 0 Å². The summed E-state index contributed by atoms with van der Waals surface area (Å²) < 4.78 is 21.7. The van der Waals surface area contributed by atoms with Crippen LogP contribution in [0.3, 0.4) is 0 Å². The van der Waals surface area contributed by atoms with Crippen LogP contribution in [0.1, 0.15) is 30.3 Å². The fourth-order valence-electron chi connectivity index (χ4n) is 3.82. The number of ether oxygens (including phenoxy) is 3. The van der Waals surface area contributed by atoms with Crippen LogP contribution < -0.4 is 14.2 Å². The molecule has 1 unspecified atom stereocenters. The molecule has 1 aliphatic heterocycles. The number of benzene rings is 2. The van der Waals surface area contributed by atoms with E-state index in [9.17, 15) is 0 Å². The Balaban J connectivity index is 1.53. The summed E-state index contributed by atoms with van der Waals surface area (Å²) in [6.45, 7) is 1.59. The number of hydrogen-bond acceptors (Lipinski definition) is 7. The molecule has 29 heavy (non-hydrogen) atoms. The third-order valence-corrected chi connectivity index (χ3v) is 5.31. The van der Waals surface area contributed by atoms with Gasteiger partial charge in [-0.1, -0.05) is 5.16 Å². The van der Waals surface area contributed by atoms with Gasteiger partial charge in [0.15, 0.2) is 5.82 Å². The summed E-state index contributed by atoms with van der Waals surface area (Å²) in [5, 5.41) is 4.19. The van der Waals surface area contributed by atoms with Crippen molar-refractivity contribution in [2.75, 3.05) is 27.9 Å². The SMILES string of the molecule is COc1ccc(-c2nc(CN3CCCC3c3cc(OC)ccc3OC)no2)cc1. The summed E-state index contributed by atoms with van der Waals surface area (Å²) in [7, 11) is 5.02. The quantitative estimate of drug-likeness (QED) is 0.596. The van der Waals surface area contributed by atoms with Gasteiger partial charge in [-0.15, -0.1) is 0 Å². The highest BCUT2D eigenvalue weighted by Crippen LogP contribution is 2.39. The largest absolute Gasteiger partial charge is 0.497 e. The maximum Gasteiger partial charge on any atom is 0.257 e. The van der Waals surface area contributed by atoms with Crippen molar-refractivity contribution in [2.24, 2.45) is 0 Å². The molecule has 4 rings (SSSR count). The molecule has 1 atom stereocenters. The molecule has 0 amide bonds. The van der Waals surface area contributed by atoms with Crippen molar-refractivity contribution in [2.45, 2.75) is 25.4 Å². The average molecular weight is 395 g/mol.